The van der Waals surface area contributed by atoms with E-state index in [0.29, 0.717) is 0 Å². The number of piperidine rings is 2. The third kappa shape index (κ3) is 0.968. The molecule has 1 saturated carbocycles. The van der Waals surface area contributed by atoms with Crippen LogP contribution in [0.4, 0.5) is 0 Å². The quantitative estimate of drug-likeness (QED) is 0.536. The molecule has 3 fully saturated rings. The lowest BCUT2D eigenvalue weighted by Gasteiger charge is -2.44. The summed E-state index contributed by atoms with van der Waals surface area (Å²) in [5.74, 6) is 1.06. The van der Waals surface area contributed by atoms with E-state index in [1.54, 1.807) is 0 Å². The van der Waals surface area contributed by atoms with Crippen LogP contribution in [0.2, 0.25) is 0 Å². The highest BCUT2D eigenvalue weighted by Gasteiger charge is 2.32. The van der Waals surface area contributed by atoms with Gasteiger partial charge in [-0.1, -0.05) is 6.92 Å². The van der Waals surface area contributed by atoms with E-state index in [9.17, 15) is 0 Å². The Kier molecular flexibility index (Phi) is 1.69. The first kappa shape index (κ1) is 6.66. The van der Waals surface area contributed by atoms with Crippen LogP contribution in [0, 0.1) is 5.92 Å². The first-order valence-electron chi connectivity index (χ1n) is 4.64. The van der Waals surface area contributed by atoms with Crippen molar-refractivity contribution in [3.8, 4) is 0 Å². The van der Waals surface area contributed by atoms with Gasteiger partial charge in [-0.3, -0.25) is 0 Å². The molecule has 0 aromatic carbocycles. The zero-order valence-electron chi connectivity index (χ0n) is 6.84. The zero-order valence-corrected chi connectivity index (χ0v) is 6.84. The van der Waals surface area contributed by atoms with E-state index < -0.39 is 0 Å². The van der Waals surface area contributed by atoms with E-state index in [1.807, 2.05) is 0 Å². The molecule has 0 unspecified atom stereocenters. The van der Waals surface area contributed by atoms with E-state index in [-0.39, 0.29) is 0 Å². The lowest BCUT2D eigenvalue weighted by Crippen LogP contribution is -2.47. The Labute approximate surface area is 63.4 Å². The predicted octanol–water partition coefficient (Wildman–Crippen LogP) is 1.88. The molecule has 0 aromatic heterocycles. The van der Waals surface area contributed by atoms with Crippen molar-refractivity contribution in [3.05, 3.63) is 0 Å². The highest BCUT2D eigenvalue weighted by atomic mass is 15.2. The minimum Gasteiger partial charge on any atom is -0.300 e. The van der Waals surface area contributed by atoms with Gasteiger partial charge in [-0.05, 0) is 38.1 Å². The van der Waals surface area contributed by atoms with Gasteiger partial charge >= 0.3 is 0 Å². The van der Waals surface area contributed by atoms with Crippen LogP contribution >= 0.6 is 0 Å². The second kappa shape index (κ2) is 2.54. The highest BCUT2D eigenvalue weighted by molar-refractivity contribution is 4.87. The average Bonchev–Trinajstić information content (AvgIpc) is 2.06. The number of hydrogen-bond acceptors (Lipinski definition) is 1. The molecule has 10 heavy (non-hydrogen) atoms. The summed E-state index contributed by atoms with van der Waals surface area (Å²) >= 11 is 0. The van der Waals surface area contributed by atoms with Crippen molar-refractivity contribution in [2.24, 2.45) is 5.92 Å². The van der Waals surface area contributed by atoms with E-state index in [2.05, 4.69) is 11.8 Å². The molecule has 2 aliphatic heterocycles. The molecule has 0 radical (unpaired) electrons. The maximum absolute atomic E-state index is 2.66. The summed E-state index contributed by atoms with van der Waals surface area (Å²) < 4.78 is 0. The molecule has 0 spiro atoms. The van der Waals surface area contributed by atoms with Gasteiger partial charge in [-0.15, -0.1) is 0 Å². The molecular weight excluding hydrogens is 122 g/mol. The lowest BCUT2D eigenvalue weighted by molar-refractivity contribution is 0.0539. The topological polar surface area (TPSA) is 3.24 Å². The van der Waals surface area contributed by atoms with E-state index >= 15 is 0 Å². The maximum Gasteiger partial charge on any atom is 0.00954 e. The molecule has 58 valence electrons. The van der Waals surface area contributed by atoms with Crippen molar-refractivity contribution >= 4 is 0 Å². The predicted molar refractivity (Wildman–Crippen MR) is 43.0 cm³/mol. The third-order valence-corrected chi connectivity index (χ3v) is 3.23. The van der Waals surface area contributed by atoms with Crippen molar-refractivity contribution in [3.63, 3.8) is 0 Å². The smallest absolute Gasteiger partial charge is 0.00954 e. The molecule has 1 aliphatic carbocycles. The fourth-order valence-electron chi connectivity index (χ4n) is 2.56. The van der Waals surface area contributed by atoms with Crippen LogP contribution in [0.3, 0.4) is 0 Å². The zero-order chi connectivity index (χ0) is 6.97. The largest absolute Gasteiger partial charge is 0.300 e. The van der Waals surface area contributed by atoms with Crippen LogP contribution in [0.15, 0.2) is 0 Å². The Hall–Kier alpha value is -0.0400. The van der Waals surface area contributed by atoms with Gasteiger partial charge in [-0.2, -0.15) is 0 Å². The van der Waals surface area contributed by atoms with Gasteiger partial charge in [0.15, 0.2) is 0 Å². The number of fused-ring (bicyclic) bond motifs is 3. The number of rotatable bonds is 1. The molecule has 3 rings (SSSR count). The first-order valence-corrected chi connectivity index (χ1v) is 4.64. The first-order chi connectivity index (χ1) is 4.90. The van der Waals surface area contributed by atoms with E-state index in [1.165, 1.54) is 38.8 Å². The molecule has 1 nitrogen and oxygen atoms in total. The van der Waals surface area contributed by atoms with Crippen LogP contribution in [-0.4, -0.2) is 24.0 Å². The summed E-state index contributed by atoms with van der Waals surface area (Å²) in [7, 11) is 0. The van der Waals surface area contributed by atoms with Crippen molar-refractivity contribution in [2.45, 2.75) is 38.6 Å². The molecule has 0 aromatic rings. The highest BCUT2D eigenvalue weighted by Crippen LogP contribution is 2.34. The van der Waals surface area contributed by atoms with Crippen molar-refractivity contribution in [2.75, 3.05) is 13.1 Å². The summed E-state index contributed by atoms with van der Waals surface area (Å²) in [6.45, 7) is 4.98. The molecule has 0 amide bonds. The van der Waals surface area contributed by atoms with Gasteiger partial charge in [0.2, 0.25) is 0 Å². The minimum absolute atomic E-state index is 0.968. The van der Waals surface area contributed by atoms with Crippen molar-refractivity contribution in [1.29, 1.82) is 0 Å². The molecular formula is C9H17N. The van der Waals surface area contributed by atoms with Crippen LogP contribution in [0.5, 0.6) is 0 Å². The summed E-state index contributed by atoms with van der Waals surface area (Å²) in [5, 5.41) is 0. The molecule has 1 heteroatoms. The number of nitrogens with zero attached hydrogens (tertiary/aromatic N) is 1. The second-order valence-corrected chi connectivity index (χ2v) is 3.76. The van der Waals surface area contributed by atoms with Gasteiger partial charge < -0.3 is 4.90 Å². The monoisotopic (exact) mass is 139 g/mol. The summed E-state index contributed by atoms with van der Waals surface area (Å²) in [4.78, 5) is 2.66. The van der Waals surface area contributed by atoms with Crippen molar-refractivity contribution in [1.82, 2.24) is 4.90 Å². The molecule has 2 bridgehead atoms. The Morgan fingerprint density at radius 3 is 2.20 bits per heavy atom. The summed E-state index contributed by atoms with van der Waals surface area (Å²) in [6, 6.07) is 0.968. The van der Waals surface area contributed by atoms with E-state index in [0.717, 1.165) is 12.0 Å². The fourth-order valence-corrected chi connectivity index (χ4v) is 2.56. The Morgan fingerprint density at radius 2 is 1.90 bits per heavy atom. The second-order valence-electron chi connectivity index (χ2n) is 3.76. The van der Waals surface area contributed by atoms with E-state index in [4.69, 9.17) is 0 Å². The molecule has 3 aliphatic rings. The van der Waals surface area contributed by atoms with Crippen LogP contribution in [0.1, 0.15) is 32.6 Å². The average molecular weight is 139 g/mol. The van der Waals surface area contributed by atoms with Gasteiger partial charge in [-0.25, -0.2) is 0 Å². The van der Waals surface area contributed by atoms with Crippen LogP contribution < -0.4 is 0 Å². The van der Waals surface area contributed by atoms with Gasteiger partial charge in [0, 0.05) is 12.6 Å². The van der Waals surface area contributed by atoms with Crippen LogP contribution in [0.25, 0.3) is 0 Å². The fraction of sp³-hybridized carbons (Fsp3) is 1.00. The van der Waals surface area contributed by atoms with Gasteiger partial charge in [0.1, 0.15) is 0 Å². The maximum atomic E-state index is 2.66. The number of hydrogen-bond donors (Lipinski definition) is 0. The molecule has 2 heterocycles. The summed E-state index contributed by atoms with van der Waals surface area (Å²) in [5.41, 5.74) is 0. The SMILES string of the molecule is CCN1CC2CCC1CC2. The Balaban J connectivity index is 2.01. The third-order valence-electron chi connectivity index (χ3n) is 3.23. The normalized spacial score (nSPS) is 40.5. The van der Waals surface area contributed by atoms with Gasteiger partial charge in [0.05, 0.1) is 0 Å². The summed E-state index contributed by atoms with van der Waals surface area (Å²) in [6.07, 6.45) is 6.00. The van der Waals surface area contributed by atoms with Gasteiger partial charge in [0.25, 0.3) is 0 Å². The Morgan fingerprint density at radius 1 is 1.20 bits per heavy atom. The minimum atomic E-state index is 0.968. The standard InChI is InChI=1S/C9H17N/c1-2-10-7-8-3-5-9(10)6-4-8/h8-9H,2-7H2,1H3. The van der Waals surface area contributed by atoms with Crippen LogP contribution in [-0.2, 0) is 0 Å². The molecule has 0 atom stereocenters. The lowest BCUT2D eigenvalue weighted by atomic mass is 9.80. The Bertz CT molecular complexity index is 114. The molecule has 0 N–H and O–H groups in total. The van der Waals surface area contributed by atoms with Crippen molar-refractivity contribution < 1.29 is 0 Å². The molecule has 2 saturated heterocycles.